The molecule has 0 aromatic rings. The molecule has 0 spiro atoms. The van der Waals surface area contributed by atoms with Crippen molar-refractivity contribution in [2.75, 3.05) is 13.2 Å². The Morgan fingerprint density at radius 3 is 2.50 bits per heavy atom. The summed E-state index contributed by atoms with van der Waals surface area (Å²) in [7, 11) is 0. The third kappa shape index (κ3) is 1.48. The van der Waals surface area contributed by atoms with Crippen LogP contribution in [-0.4, -0.2) is 13.2 Å². The molecule has 0 aliphatic carbocycles. The fourth-order valence-corrected chi connectivity index (χ4v) is 0.805. The van der Waals surface area contributed by atoms with Crippen LogP contribution in [0.15, 0.2) is 0 Å². The smallest absolute Gasteiger partial charge is 0.0503 e. The summed E-state index contributed by atoms with van der Waals surface area (Å²) < 4.78 is 5.15. The minimum atomic E-state index is 0.429. The van der Waals surface area contributed by atoms with Crippen molar-refractivity contribution in [2.24, 2.45) is 5.41 Å². The predicted molar refractivity (Wildman–Crippen MR) is 33.5 cm³/mol. The van der Waals surface area contributed by atoms with Crippen LogP contribution >= 0.6 is 0 Å². The Hall–Kier alpha value is -0.0400. The Morgan fingerprint density at radius 2 is 2.25 bits per heavy atom. The van der Waals surface area contributed by atoms with Crippen molar-refractivity contribution >= 4 is 0 Å². The van der Waals surface area contributed by atoms with Crippen molar-refractivity contribution in [3.05, 3.63) is 6.42 Å². The summed E-state index contributed by atoms with van der Waals surface area (Å²) in [6.45, 7) is 6.27. The van der Waals surface area contributed by atoms with Crippen LogP contribution in [-0.2, 0) is 4.74 Å². The van der Waals surface area contributed by atoms with Crippen molar-refractivity contribution in [2.45, 2.75) is 20.3 Å². The standard InChI is InChI=1S/C7H13O/c1-7(2)3-5-8-6-4-7/h3H,4-6H2,1-2H3. The molecule has 0 bridgehead atoms. The molecule has 0 aromatic carbocycles. The van der Waals surface area contributed by atoms with Crippen LogP contribution in [0.1, 0.15) is 20.3 Å². The van der Waals surface area contributed by atoms with Crippen molar-refractivity contribution in [3.63, 3.8) is 0 Å². The van der Waals surface area contributed by atoms with Crippen molar-refractivity contribution in [3.8, 4) is 0 Å². The molecule has 0 aromatic heterocycles. The van der Waals surface area contributed by atoms with E-state index in [0.717, 1.165) is 13.2 Å². The van der Waals surface area contributed by atoms with Gasteiger partial charge in [0.1, 0.15) is 0 Å². The first kappa shape index (κ1) is 6.09. The van der Waals surface area contributed by atoms with Crippen LogP contribution in [0.5, 0.6) is 0 Å². The van der Waals surface area contributed by atoms with E-state index in [-0.39, 0.29) is 0 Å². The van der Waals surface area contributed by atoms with Gasteiger partial charge in [-0.1, -0.05) is 13.8 Å². The van der Waals surface area contributed by atoms with Gasteiger partial charge in [0, 0.05) is 6.61 Å². The van der Waals surface area contributed by atoms with Gasteiger partial charge in [0.25, 0.3) is 0 Å². The van der Waals surface area contributed by atoms with E-state index in [9.17, 15) is 0 Å². The highest BCUT2D eigenvalue weighted by Gasteiger charge is 2.20. The zero-order valence-electron chi connectivity index (χ0n) is 5.61. The van der Waals surface area contributed by atoms with Crippen LogP contribution in [0.2, 0.25) is 0 Å². The van der Waals surface area contributed by atoms with Gasteiger partial charge in [-0.3, -0.25) is 0 Å². The largest absolute Gasteiger partial charge is 0.381 e. The lowest BCUT2D eigenvalue weighted by Crippen LogP contribution is -2.23. The Kier molecular flexibility index (Phi) is 1.57. The number of rotatable bonds is 0. The predicted octanol–water partition coefficient (Wildman–Crippen LogP) is 1.64. The molecule has 1 saturated heterocycles. The first-order valence-electron chi connectivity index (χ1n) is 3.13. The molecule has 1 fully saturated rings. The molecule has 1 heterocycles. The summed E-state index contributed by atoms with van der Waals surface area (Å²) in [4.78, 5) is 0. The lowest BCUT2D eigenvalue weighted by atomic mass is 9.85. The van der Waals surface area contributed by atoms with Gasteiger partial charge >= 0.3 is 0 Å². The summed E-state index contributed by atoms with van der Waals surface area (Å²) in [5.41, 5.74) is 0.429. The Balaban J connectivity index is 2.33. The molecule has 0 amide bonds. The molecule has 0 saturated carbocycles. The van der Waals surface area contributed by atoms with Gasteiger partial charge in [-0.05, 0) is 18.3 Å². The molecule has 1 nitrogen and oxygen atoms in total. The number of ether oxygens (including phenoxy) is 1. The van der Waals surface area contributed by atoms with Crippen LogP contribution in [0, 0.1) is 11.8 Å². The zero-order chi connectivity index (χ0) is 6.04. The first-order valence-corrected chi connectivity index (χ1v) is 3.13. The van der Waals surface area contributed by atoms with Crippen molar-refractivity contribution in [1.29, 1.82) is 0 Å². The van der Waals surface area contributed by atoms with Crippen molar-refractivity contribution < 1.29 is 4.74 Å². The summed E-state index contributed by atoms with van der Waals surface area (Å²) in [6.07, 6.45) is 3.41. The first-order chi connectivity index (χ1) is 3.71. The maximum Gasteiger partial charge on any atom is 0.0503 e. The molecule has 1 rings (SSSR count). The molecule has 0 unspecified atom stereocenters. The zero-order valence-corrected chi connectivity index (χ0v) is 5.61. The summed E-state index contributed by atoms with van der Waals surface area (Å²) in [5, 5.41) is 0. The van der Waals surface area contributed by atoms with E-state index in [0.29, 0.717) is 5.41 Å². The van der Waals surface area contributed by atoms with Gasteiger partial charge in [-0.15, -0.1) is 0 Å². The van der Waals surface area contributed by atoms with E-state index in [4.69, 9.17) is 4.74 Å². The highest BCUT2D eigenvalue weighted by atomic mass is 16.5. The summed E-state index contributed by atoms with van der Waals surface area (Å²) in [5.74, 6) is 0. The van der Waals surface area contributed by atoms with Crippen LogP contribution in [0.3, 0.4) is 0 Å². The minimum Gasteiger partial charge on any atom is -0.381 e. The molecular weight excluding hydrogens is 100 g/mol. The van der Waals surface area contributed by atoms with E-state index in [1.54, 1.807) is 0 Å². The molecule has 1 radical (unpaired) electrons. The summed E-state index contributed by atoms with van der Waals surface area (Å²) in [6, 6.07) is 0. The number of hydrogen-bond donors (Lipinski definition) is 0. The van der Waals surface area contributed by atoms with E-state index in [2.05, 4.69) is 20.3 Å². The monoisotopic (exact) mass is 113 g/mol. The van der Waals surface area contributed by atoms with Gasteiger partial charge in [0.15, 0.2) is 0 Å². The molecule has 1 heteroatoms. The molecule has 47 valence electrons. The highest BCUT2D eigenvalue weighted by Crippen LogP contribution is 2.26. The maximum atomic E-state index is 5.15. The topological polar surface area (TPSA) is 9.23 Å². The second-order valence-electron chi connectivity index (χ2n) is 3.02. The highest BCUT2D eigenvalue weighted by molar-refractivity contribution is 4.87. The van der Waals surface area contributed by atoms with Crippen LogP contribution in [0.25, 0.3) is 0 Å². The number of hydrogen-bond acceptors (Lipinski definition) is 1. The van der Waals surface area contributed by atoms with Crippen molar-refractivity contribution in [1.82, 2.24) is 0 Å². The molecule has 0 N–H and O–H groups in total. The van der Waals surface area contributed by atoms with Crippen LogP contribution in [0.4, 0.5) is 0 Å². The Labute approximate surface area is 51.0 Å². The Morgan fingerprint density at radius 1 is 1.50 bits per heavy atom. The Bertz CT molecular complexity index is 68.5. The lowest BCUT2D eigenvalue weighted by molar-refractivity contribution is 0.0766. The molecule has 0 atom stereocenters. The van der Waals surface area contributed by atoms with E-state index in [1.165, 1.54) is 6.42 Å². The molecular formula is C7H13O. The van der Waals surface area contributed by atoms with Gasteiger partial charge in [0.05, 0.1) is 6.61 Å². The quantitative estimate of drug-likeness (QED) is 0.464. The second kappa shape index (κ2) is 2.06. The lowest BCUT2D eigenvalue weighted by Gasteiger charge is -2.28. The molecule has 1 aliphatic heterocycles. The average molecular weight is 113 g/mol. The minimum absolute atomic E-state index is 0.429. The fraction of sp³-hybridized carbons (Fsp3) is 0.857. The van der Waals surface area contributed by atoms with Gasteiger partial charge in [0.2, 0.25) is 0 Å². The van der Waals surface area contributed by atoms with E-state index in [1.807, 2.05) is 0 Å². The van der Waals surface area contributed by atoms with E-state index < -0.39 is 0 Å². The normalized spacial score (nSPS) is 27.8. The van der Waals surface area contributed by atoms with E-state index >= 15 is 0 Å². The third-order valence-corrected chi connectivity index (χ3v) is 1.64. The maximum absolute atomic E-state index is 5.15. The molecule has 8 heavy (non-hydrogen) atoms. The van der Waals surface area contributed by atoms with Crippen LogP contribution < -0.4 is 0 Å². The second-order valence-corrected chi connectivity index (χ2v) is 3.02. The SMILES string of the molecule is CC1(C)[CH]COCC1. The van der Waals surface area contributed by atoms with Gasteiger partial charge in [-0.2, -0.15) is 0 Å². The summed E-state index contributed by atoms with van der Waals surface area (Å²) >= 11 is 0. The molecule has 1 aliphatic rings. The van der Waals surface area contributed by atoms with Gasteiger partial charge < -0.3 is 4.74 Å². The average Bonchev–Trinajstić information content (AvgIpc) is 1.65. The third-order valence-electron chi connectivity index (χ3n) is 1.64. The van der Waals surface area contributed by atoms with Gasteiger partial charge in [-0.25, -0.2) is 0 Å². The fourth-order valence-electron chi connectivity index (χ4n) is 0.805.